The van der Waals surface area contributed by atoms with Crippen molar-refractivity contribution in [3.8, 4) is 33.4 Å². The average Bonchev–Trinajstić information content (AvgIpc) is 3.48. The predicted molar refractivity (Wildman–Crippen MR) is 209 cm³/mol. The Balaban J connectivity index is 1.22. The van der Waals surface area contributed by atoms with E-state index in [0.717, 1.165) is 0 Å². The lowest BCUT2D eigenvalue weighted by Gasteiger charge is -2.28. The minimum Gasteiger partial charge on any atom is -0.310 e. The molecule has 0 aromatic heterocycles. The Morgan fingerprint density at radius 2 is 0.878 bits per heavy atom. The molecule has 0 saturated heterocycles. The highest BCUT2D eigenvalue weighted by Gasteiger charge is 2.42. The van der Waals surface area contributed by atoms with Gasteiger partial charge in [0.05, 0.1) is 0 Å². The van der Waals surface area contributed by atoms with Crippen LogP contribution in [0.3, 0.4) is 0 Å². The molecule has 0 radical (unpaired) electrons. The van der Waals surface area contributed by atoms with E-state index in [-0.39, 0.29) is 10.8 Å². The quantitative estimate of drug-likeness (QED) is 0.187. The Hall–Kier alpha value is -5.40. The number of benzene rings is 7. The summed E-state index contributed by atoms with van der Waals surface area (Å²) in [6.45, 7) is 14.0. The smallest absolute Gasteiger partial charge is 0.0465 e. The van der Waals surface area contributed by atoms with Gasteiger partial charge in [-0.1, -0.05) is 124 Å². The molecule has 0 atom stereocenters. The highest BCUT2D eigenvalue weighted by Crippen LogP contribution is 2.58. The minimum absolute atomic E-state index is 0.131. The van der Waals surface area contributed by atoms with Gasteiger partial charge in [-0.05, 0) is 135 Å². The highest BCUT2D eigenvalue weighted by atomic mass is 15.1. The molecule has 7 aromatic rings. The van der Waals surface area contributed by atoms with Crippen LogP contribution in [0.25, 0.3) is 44.2 Å². The molecule has 7 aromatic carbocycles. The fourth-order valence-corrected chi connectivity index (χ4v) is 8.63. The Morgan fingerprint density at radius 1 is 0.388 bits per heavy atom. The number of hydrogen-bond donors (Lipinski definition) is 0. The zero-order chi connectivity index (χ0) is 33.7. The lowest BCUT2D eigenvalue weighted by Crippen LogP contribution is -2.17. The second kappa shape index (κ2) is 10.5. The molecule has 0 amide bonds. The molecular weight excluding hydrogens is 591 g/mol. The van der Waals surface area contributed by atoms with Crippen molar-refractivity contribution < 1.29 is 0 Å². The molecule has 49 heavy (non-hydrogen) atoms. The lowest BCUT2D eigenvalue weighted by atomic mass is 9.79. The minimum atomic E-state index is -0.158. The molecule has 0 spiro atoms. The lowest BCUT2D eigenvalue weighted by molar-refractivity contribution is 0.652. The van der Waals surface area contributed by atoms with Crippen LogP contribution in [0.2, 0.25) is 0 Å². The molecule has 2 aliphatic rings. The maximum Gasteiger partial charge on any atom is 0.0465 e. The first-order valence-corrected chi connectivity index (χ1v) is 17.5. The van der Waals surface area contributed by atoms with Crippen LogP contribution in [0.1, 0.15) is 61.1 Å². The van der Waals surface area contributed by atoms with Gasteiger partial charge < -0.3 is 4.90 Å². The van der Waals surface area contributed by atoms with Gasteiger partial charge in [0.25, 0.3) is 0 Å². The van der Waals surface area contributed by atoms with Crippen molar-refractivity contribution >= 4 is 27.8 Å². The topological polar surface area (TPSA) is 3.24 Å². The summed E-state index contributed by atoms with van der Waals surface area (Å²) >= 11 is 0. The fourth-order valence-electron chi connectivity index (χ4n) is 8.63. The van der Waals surface area contributed by atoms with Crippen molar-refractivity contribution in [2.75, 3.05) is 4.90 Å². The molecule has 9 rings (SSSR count). The van der Waals surface area contributed by atoms with Crippen LogP contribution in [0.5, 0.6) is 0 Å². The van der Waals surface area contributed by atoms with Crippen molar-refractivity contribution in [3.63, 3.8) is 0 Å². The third-order valence-corrected chi connectivity index (χ3v) is 11.4. The van der Waals surface area contributed by atoms with Gasteiger partial charge in [0, 0.05) is 27.9 Å². The molecule has 0 bridgehead atoms. The van der Waals surface area contributed by atoms with Crippen LogP contribution in [0.15, 0.2) is 140 Å². The van der Waals surface area contributed by atoms with E-state index in [1.807, 2.05) is 0 Å². The van der Waals surface area contributed by atoms with Crippen LogP contribution in [-0.4, -0.2) is 0 Å². The monoisotopic (exact) mass is 631 g/mol. The van der Waals surface area contributed by atoms with Crippen LogP contribution in [-0.2, 0) is 10.8 Å². The van der Waals surface area contributed by atoms with Gasteiger partial charge >= 0.3 is 0 Å². The van der Waals surface area contributed by atoms with Crippen molar-refractivity contribution in [2.45, 2.75) is 52.4 Å². The van der Waals surface area contributed by atoms with Crippen LogP contribution in [0, 0.1) is 13.8 Å². The molecule has 0 heterocycles. The summed E-state index contributed by atoms with van der Waals surface area (Å²) in [4.78, 5) is 2.40. The molecule has 1 heteroatoms. The van der Waals surface area contributed by atoms with E-state index >= 15 is 0 Å². The van der Waals surface area contributed by atoms with E-state index in [1.54, 1.807) is 0 Å². The van der Waals surface area contributed by atoms with Crippen molar-refractivity contribution in [3.05, 3.63) is 173 Å². The molecule has 0 unspecified atom stereocenters. The van der Waals surface area contributed by atoms with Gasteiger partial charge in [0.1, 0.15) is 0 Å². The van der Waals surface area contributed by atoms with Crippen molar-refractivity contribution in [2.24, 2.45) is 0 Å². The highest BCUT2D eigenvalue weighted by molar-refractivity contribution is 6.09. The van der Waals surface area contributed by atoms with E-state index in [9.17, 15) is 0 Å². The average molecular weight is 632 g/mol. The van der Waals surface area contributed by atoms with E-state index in [4.69, 9.17) is 0 Å². The van der Waals surface area contributed by atoms with Crippen molar-refractivity contribution in [1.82, 2.24) is 0 Å². The standard InChI is InChI=1S/C48H41N/c1-30-16-20-33(21-17-30)49(34-22-18-31(2)19-23-34)35-24-25-37-40-28-44-41(29-43(40)47(3,4)42(37)26-35)46-38-15-11-10-14-36(38)39(27-45(46)48(44,5)6)32-12-8-7-9-13-32/h7-29H,1-6H3. The molecular formula is C48H41N. The third kappa shape index (κ3) is 4.38. The summed E-state index contributed by atoms with van der Waals surface area (Å²) in [5.74, 6) is 0. The Bertz CT molecular complexity index is 2380. The molecule has 1 nitrogen and oxygen atoms in total. The third-order valence-electron chi connectivity index (χ3n) is 11.4. The molecule has 0 aliphatic heterocycles. The molecule has 0 fully saturated rings. The van der Waals surface area contributed by atoms with Gasteiger partial charge in [-0.15, -0.1) is 0 Å². The summed E-state index contributed by atoms with van der Waals surface area (Å²) in [7, 11) is 0. The number of nitrogens with zero attached hydrogens (tertiary/aromatic N) is 1. The number of fused-ring (bicyclic) bond motifs is 8. The number of hydrogen-bond acceptors (Lipinski definition) is 1. The van der Waals surface area contributed by atoms with Crippen LogP contribution in [0.4, 0.5) is 17.1 Å². The van der Waals surface area contributed by atoms with Gasteiger partial charge in [-0.25, -0.2) is 0 Å². The van der Waals surface area contributed by atoms with Gasteiger partial charge in [0.2, 0.25) is 0 Å². The zero-order valence-corrected chi connectivity index (χ0v) is 29.2. The summed E-state index contributed by atoms with van der Waals surface area (Å²) in [6, 6.07) is 52.3. The largest absolute Gasteiger partial charge is 0.310 e. The second-order valence-electron chi connectivity index (χ2n) is 15.2. The first-order valence-electron chi connectivity index (χ1n) is 17.5. The van der Waals surface area contributed by atoms with Gasteiger partial charge in [-0.2, -0.15) is 0 Å². The molecule has 238 valence electrons. The van der Waals surface area contributed by atoms with E-state index in [1.165, 1.54) is 94.6 Å². The van der Waals surface area contributed by atoms with Crippen molar-refractivity contribution in [1.29, 1.82) is 0 Å². The maximum absolute atomic E-state index is 2.55. The second-order valence-corrected chi connectivity index (χ2v) is 15.2. The Labute approximate surface area is 290 Å². The molecule has 0 N–H and O–H groups in total. The van der Waals surface area contributed by atoms with Crippen LogP contribution < -0.4 is 4.90 Å². The number of rotatable bonds is 4. The van der Waals surface area contributed by atoms with Gasteiger partial charge in [-0.3, -0.25) is 0 Å². The zero-order valence-electron chi connectivity index (χ0n) is 29.2. The fraction of sp³-hybridized carbons (Fsp3) is 0.167. The molecule has 2 aliphatic carbocycles. The first kappa shape index (κ1) is 29.7. The first-order chi connectivity index (χ1) is 23.6. The maximum atomic E-state index is 2.55. The predicted octanol–water partition coefficient (Wildman–Crippen LogP) is 13.2. The number of anilines is 3. The summed E-state index contributed by atoms with van der Waals surface area (Å²) in [5.41, 5.74) is 19.5. The van der Waals surface area contributed by atoms with E-state index in [0.29, 0.717) is 0 Å². The summed E-state index contributed by atoms with van der Waals surface area (Å²) < 4.78 is 0. The van der Waals surface area contributed by atoms with E-state index < -0.39 is 0 Å². The SMILES string of the molecule is Cc1ccc(N(c2ccc(C)cc2)c2ccc3c(c2)C(C)(C)c2cc4c(cc2-3)C(C)(C)c2cc(-c3ccccc3)c3ccccc3c2-4)cc1. The summed E-state index contributed by atoms with van der Waals surface area (Å²) in [5, 5.41) is 2.66. The van der Waals surface area contributed by atoms with Gasteiger partial charge in [0.15, 0.2) is 0 Å². The van der Waals surface area contributed by atoms with E-state index in [2.05, 4.69) is 186 Å². The Morgan fingerprint density at radius 3 is 1.53 bits per heavy atom. The normalized spacial score (nSPS) is 14.7. The summed E-state index contributed by atoms with van der Waals surface area (Å²) in [6.07, 6.45) is 0. The molecule has 0 saturated carbocycles. The number of aryl methyl sites for hydroxylation is 2. The van der Waals surface area contributed by atoms with Crippen LogP contribution >= 0.6 is 0 Å². The Kier molecular flexibility index (Phi) is 6.40.